The second-order valence-corrected chi connectivity index (χ2v) is 5.76. The van der Waals surface area contributed by atoms with Gasteiger partial charge in [-0.1, -0.05) is 25.1 Å². The van der Waals surface area contributed by atoms with E-state index >= 15 is 0 Å². The molecule has 2 atom stereocenters. The molecule has 0 amide bonds. The Bertz CT molecular complexity index is 593. The summed E-state index contributed by atoms with van der Waals surface area (Å²) in [6.45, 7) is 4.89. The molecule has 2 heterocycles. The van der Waals surface area contributed by atoms with E-state index in [1.807, 2.05) is 23.0 Å². The molecule has 0 aliphatic carbocycles. The van der Waals surface area contributed by atoms with Crippen LogP contribution in [0, 0.1) is 5.82 Å². The number of hydrogen-bond donors (Lipinski definition) is 1. The predicted molar refractivity (Wildman–Crippen MR) is 81.9 cm³/mol. The van der Waals surface area contributed by atoms with Gasteiger partial charge in [-0.3, -0.25) is 4.68 Å². The SMILES string of the molecule is CCCn1cc(C2CCNCC2c2ccccc2F)cn1. The Kier molecular flexibility index (Phi) is 4.34. The van der Waals surface area contributed by atoms with Crippen molar-refractivity contribution >= 4 is 0 Å². The van der Waals surface area contributed by atoms with E-state index in [4.69, 9.17) is 0 Å². The number of rotatable bonds is 4. The Hall–Kier alpha value is -1.68. The van der Waals surface area contributed by atoms with E-state index in [1.165, 1.54) is 5.56 Å². The summed E-state index contributed by atoms with van der Waals surface area (Å²) in [6.07, 6.45) is 6.19. The molecule has 0 spiro atoms. The minimum Gasteiger partial charge on any atom is -0.316 e. The summed E-state index contributed by atoms with van der Waals surface area (Å²) in [7, 11) is 0. The third-order valence-electron chi connectivity index (χ3n) is 4.32. The van der Waals surface area contributed by atoms with Crippen molar-refractivity contribution in [2.24, 2.45) is 0 Å². The highest BCUT2D eigenvalue weighted by molar-refractivity contribution is 5.29. The monoisotopic (exact) mass is 287 g/mol. The molecule has 4 heteroatoms. The van der Waals surface area contributed by atoms with Gasteiger partial charge >= 0.3 is 0 Å². The van der Waals surface area contributed by atoms with Crippen molar-refractivity contribution in [2.75, 3.05) is 13.1 Å². The van der Waals surface area contributed by atoms with Crippen molar-refractivity contribution in [3.8, 4) is 0 Å². The fourth-order valence-corrected chi connectivity index (χ4v) is 3.28. The Balaban J connectivity index is 1.89. The molecule has 1 aliphatic rings. The number of hydrogen-bond acceptors (Lipinski definition) is 2. The van der Waals surface area contributed by atoms with Crippen LogP contribution in [0.3, 0.4) is 0 Å². The lowest BCUT2D eigenvalue weighted by molar-refractivity contribution is 0.393. The van der Waals surface area contributed by atoms with Gasteiger partial charge in [-0.25, -0.2) is 4.39 Å². The number of aryl methyl sites for hydroxylation is 1. The Morgan fingerprint density at radius 3 is 3.00 bits per heavy atom. The van der Waals surface area contributed by atoms with Crippen molar-refractivity contribution in [1.82, 2.24) is 15.1 Å². The molecule has 1 aliphatic heterocycles. The second kappa shape index (κ2) is 6.39. The zero-order valence-electron chi connectivity index (χ0n) is 12.4. The third kappa shape index (κ3) is 3.00. The molecular weight excluding hydrogens is 265 g/mol. The van der Waals surface area contributed by atoms with E-state index in [0.29, 0.717) is 5.92 Å². The molecule has 21 heavy (non-hydrogen) atoms. The summed E-state index contributed by atoms with van der Waals surface area (Å²) in [5.41, 5.74) is 2.05. The number of halogens is 1. The largest absolute Gasteiger partial charge is 0.316 e. The Morgan fingerprint density at radius 1 is 1.33 bits per heavy atom. The molecule has 1 N–H and O–H groups in total. The van der Waals surface area contributed by atoms with E-state index in [0.717, 1.165) is 38.0 Å². The summed E-state index contributed by atoms with van der Waals surface area (Å²) in [4.78, 5) is 0. The van der Waals surface area contributed by atoms with Gasteiger partial charge in [-0.15, -0.1) is 0 Å². The topological polar surface area (TPSA) is 29.9 Å². The van der Waals surface area contributed by atoms with Crippen LogP contribution in [0.2, 0.25) is 0 Å². The maximum atomic E-state index is 14.1. The number of aromatic nitrogens is 2. The van der Waals surface area contributed by atoms with Crippen molar-refractivity contribution in [2.45, 2.75) is 38.1 Å². The van der Waals surface area contributed by atoms with Crippen LogP contribution in [-0.2, 0) is 6.54 Å². The fourth-order valence-electron chi connectivity index (χ4n) is 3.28. The average molecular weight is 287 g/mol. The van der Waals surface area contributed by atoms with Crippen LogP contribution in [-0.4, -0.2) is 22.9 Å². The molecule has 0 radical (unpaired) electrons. The van der Waals surface area contributed by atoms with E-state index in [-0.39, 0.29) is 11.7 Å². The van der Waals surface area contributed by atoms with E-state index in [1.54, 1.807) is 12.1 Å². The molecular formula is C17H22FN3. The highest BCUT2D eigenvalue weighted by Crippen LogP contribution is 2.38. The van der Waals surface area contributed by atoms with Gasteiger partial charge in [0.25, 0.3) is 0 Å². The van der Waals surface area contributed by atoms with E-state index < -0.39 is 0 Å². The Morgan fingerprint density at radius 2 is 2.19 bits per heavy atom. The molecule has 1 aromatic heterocycles. The number of nitrogens with zero attached hydrogens (tertiary/aromatic N) is 2. The van der Waals surface area contributed by atoms with Gasteiger partial charge in [0.1, 0.15) is 5.82 Å². The Labute approximate surface area is 125 Å². The molecule has 0 saturated carbocycles. The quantitative estimate of drug-likeness (QED) is 0.935. The normalized spacial score (nSPS) is 22.4. The van der Waals surface area contributed by atoms with Crippen molar-refractivity contribution in [3.63, 3.8) is 0 Å². The van der Waals surface area contributed by atoms with Gasteiger partial charge in [-0.2, -0.15) is 5.10 Å². The molecule has 2 aromatic rings. The molecule has 2 unspecified atom stereocenters. The lowest BCUT2D eigenvalue weighted by atomic mass is 9.78. The van der Waals surface area contributed by atoms with Crippen molar-refractivity contribution in [1.29, 1.82) is 0 Å². The van der Waals surface area contributed by atoms with Gasteiger partial charge in [0.15, 0.2) is 0 Å². The van der Waals surface area contributed by atoms with E-state index in [9.17, 15) is 4.39 Å². The van der Waals surface area contributed by atoms with Crippen LogP contribution in [0.5, 0.6) is 0 Å². The molecule has 3 nitrogen and oxygen atoms in total. The predicted octanol–water partition coefficient (Wildman–Crippen LogP) is 3.29. The molecule has 1 saturated heterocycles. The minimum absolute atomic E-state index is 0.0999. The average Bonchev–Trinajstić information content (AvgIpc) is 2.97. The first kappa shape index (κ1) is 14.3. The highest BCUT2D eigenvalue weighted by atomic mass is 19.1. The molecule has 1 fully saturated rings. The maximum absolute atomic E-state index is 14.1. The van der Waals surface area contributed by atoms with Crippen LogP contribution in [0.1, 0.15) is 42.7 Å². The van der Waals surface area contributed by atoms with Gasteiger partial charge < -0.3 is 5.32 Å². The zero-order valence-corrected chi connectivity index (χ0v) is 12.4. The summed E-state index contributed by atoms with van der Waals surface area (Å²) in [5.74, 6) is 0.421. The summed E-state index contributed by atoms with van der Waals surface area (Å²) in [5, 5.41) is 7.83. The number of benzene rings is 1. The van der Waals surface area contributed by atoms with Crippen molar-refractivity contribution in [3.05, 3.63) is 53.6 Å². The smallest absolute Gasteiger partial charge is 0.126 e. The third-order valence-corrected chi connectivity index (χ3v) is 4.32. The maximum Gasteiger partial charge on any atom is 0.126 e. The first-order valence-corrected chi connectivity index (χ1v) is 7.77. The molecule has 0 bridgehead atoms. The minimum atomic E-state index is -0.0999. The molecule has 1 aromatic carbocycles. The zero-order chi connectivity index (χ0) is 14.7. The lowest BCUT2D eigenvalue weighted by Crippen LogP contribution is -2.34. The summed E-state index contributed by atoms with van der Waals surface area (Å²) < 4.78 is 16.1. The summed E-state index contributed by atoms with van der Waals surface area (Å²) >= 11 is 0. The van der Waals surface area contributed by atoms with Gasteiger partial charge in [0, 0.05) is 25.2 Å². The van der Waals surface area contributed by atoms with Gasteiger partial charge in [0.05, 0.1) is 6.20 Å². The van der Waals surface area contributed by atoms with Gasteiger partial charge in [-0.05, 0) is 42.5 Å². The first-order valence-electron chi connectivity index (χ1n) is 7.77. The molecule has 112 valence electrons. The van der Waals surface area contributed by atoms with Gasteiger partial charge in [0.2, 0.25) is 0 Å². The van der Waals surface area contributed by atoms with Crippen LogP contribution in [0.15, 0.2) is 36.7 Å². The van der Waals surface area contributed by atoms with E-state index in [2.05, 4.69) is 23.5 Å². The van der Waals surface area contributed by atoms with Crippen LogP contribution in [0.4, 0.5) is 4.39 Å². The number of piperidine rings is 1. The number of nitrogens with one attached hydrogen (secondary N) is 1. The van der Waals surface area contributed by atoms with Crippen LogP contribution in [0.25, 0.3) is 0 Å². The summed E-state index contributed by atoms with van der Waals surface area (Å²) in [6, 6.07) is 7.14. The first-order chi connectivity index (χ1) is 10.3. The van der Waals surface area contributed by atoms with Crippen LogP contribution < -0.4 is 5.32 Å². The highest BCUT2D eigenvalue weighted by Gasteiger charge is 2.30. The van der Waals surface area contributed by atoms with Crippen molar-refractivity contribution < 1.29 is 4.39 Å². The molecule has 3 rings (SSSR count). The van der Waals surface area contributed by atoms with Crippen LogP contribution >= 0.6 is 0 Å². The fraction of sp³-hybridized carbons (Fsp3) is 0.471. The lowest BCUT2D eigenvalue weighted by Gasteiger charge is -2.32. The standard InChI is InChI=1S/C17H22FN3/c1-2-9-21-12-13(10-20-21)14-7-8-19-11-16(14)15-5-3-4-6-17(15)18/h3-6,10,12,14,16,19H,2,7-9,11H2,1H3. The second-order valence-electron chi connectivity index (χ2n) is 5.76.